The van der Waals surface area contributed by atoms with Crippen molar-refractivity contribution < 1.29 is 18.7 Å². The van der Waals surface area contributed by atoms with E-state index in [0.29, 0.717) is 5.69 Å². The smallest absolute Gasteiger partial charge is 0.331 e. The Morgan fingerprint density at radius 2 is 1.73 bits per heavy atom. The van der Waals surface area contributed by atoms with Crippen molar-refractivity contribution in [1.82, 2.24) is 0 Å². The zero-order valence-corrected chi connectivity index (χ0v) is 15.3. The first-order valence-electron chi connectivity index (χ1n) is 8.30. The molecule has 2 aromatic rings. The van der Waals surface area contributed by atoms with Gasteiger partial charge in [-0.3, -0.25) is 4.79 Å². The van der Waals surface area contributed by atoms with Crippen LogP contribution in [0, 0.1) is 26.6 Å². The van der Waals surface area contributed by atoms with Crippen molar-refractivity contribution in [1.29, 1.82) is 0 Å². The van der Waals surface area contributed by atoms with Crippen molar-refractivity contribution in [2.75, 3.05) is 5.32 Å². The number of nitrogens with one attached hydrogen (secondary N) is 1. The molecule has 0 fully saturated rings. The summed E-state index contributed by atoms with van der Waals surface area (Å²) in [7, 11) is 0. The molecule has 0 radical (unpaired) electrons. The van der Waals surface area contributed by atoms with Gasteiger partial charge in [-0.25, -0.2) is 9.18 Å². The molecule has 0 aliphatic heterocycles. The third kappa shape index (κ3) is 5.02. The summed E-state index contributed by atoms with van der Waals surface area (Å²) in [6.07, 6.45) is 1.44. The van der Waals surface area contributed by atoms with Gasteiger partial charge in [0.25, 0.3) is 5.91 Å². The number of hydrogen-bond donors (Lipinski definition) is 1. The SMILES string of the molecule is Cc1cc(C)c(NC(=O)[C@@H](C)OC(=O)/C=C/c2ccccc2F)c(C)c1. The van der Waals surface area contributed by atoms with Crippen LogP contribution in [0.5, 0.6) is 0 Å². The molecule has 0 aliphatic carbocycles. The van der Waals surface area contributed by atoms with E-state index >= 15 is 0 Å². The van der Waals surface area contributed by atoms with E-state index in [9.17, 15) is 14.0 Å². The van der Waals surface area contributed by atoms with Gasteiger partial charge in [0.15, 0.2) is 6.10 Å². The largest absolute Gasteiger partial charge is 0.449 e. The van der Waals surface area contributed by atoms with Crippen molar-refractivity contribution in [3.63, 3.8) is 0 Å². The van der Waals surface area contributed by atoms with Gasteiger partial charge < -0.3 is 10.1 Å². The van der Waals surface area contributed by atoms with Gasteiger partial charge in [0.05, 0.1) is 0 Å². The summed E-state index contributed by atoms with van der Waals surface area (Å²) < 4.78 is 18.6. The maximum Gasteiger partial charge on any atom is 0.331 e. The van der Waals surface area contributed by atoms with Crippen LogP contribution in [-0.2, 0) is 14.3 Å². The summed E-state index contributed by atoms with van der Waals surface area (Å²) in [6.45, 7) is 7.29. The molecular weight excluding hydrogens is 333 g/mol. The Hall–Kier alpha value is -2.95. The van der Waals surface area contributed by atoms with E-state index in [0.717, 1.165) is 22.8 Å². The number of esters is 1. The third-order valence-corrected chi connectivity index (χ3v) is 3.89. The van der Waals surface area contributed by atoms with Gasteiger partial charge in [0, 0.05) is 17.3 Å². The maximum atomic E-state index is 13.5. The lowest BCUT2D eigenvalue weighted by atomic mass is 10.0. The minimum atomic E-state index is -0.979. The standard InChI is InChI=1S/C21H22FNO3/c1-13-11-14(2)20(15(3)12-13)23-21(25)16(4)26-19(24)10-9-17-7-5-6-8-18(17)22/h5-12,16H,1-4H3,(H,23,25)/b10-9+/t16-/m1/s1. The number of carbonyl (C=O) groups excluding carboxylic acids is 2. The normalized spacial score (nSPS) is 12.0. The molecule has 0 aliphatic rings. The van der Waals surface area contributed by atoms with Gasteiger partial charge in [-0.15, -0.1) is 0 Å². The van der Waals surface area contributed by atoms with Crippen molar-refractivity contribution in [2.45, 2.75) is 33.8 Å². The van der Waals surface area contributed by atoms with Gasteiger partial charge in [-0.05, 0) is 51.0 Å². The summed E-state index contributed by atoms with van der Waals surface area (Å²) >= 11 is 0. The van der Waals surface area contributed by atoms with E-state index in [-0.39, 0.29) is 5.56 Å². The fourth-order valence-electron chi connectivity index (χ4n) is 2.64. The Morgan fingerprint density at radius 3 is 2.35 bits per heavy atom. The first kappa shape index (κ1) is 19.4. The van der Waals surface area contributed by atoms with E-state index in [1.807, 2.05) is 32.9 Å². The fraction of sp³-hybridized carbons (Fsp3) is 0.238. The highest BCUT2D eigenvalue weighted by atomic mass is 19.1. The highest BCUT2D eigenvalue weighted by Crippen LogP contribution is 2.22. The summed E-state index contributed by atoms with van der Waals surface area (Å²) in [5, 5.41) is 2.79. The van der Waals surface area contributed by atoms with Crippen LogP contribution >= 0.6 is 0 Å². The van der Waals surface area contributed by atoms with Gasteiger partial charge >= 0.3 is 5.97 Å². The molecule has 0 unspecified atom stereocenters. The molecule has 4 nitrogen and oxygen atoms in total. The number of aryl methyl sites for hydroxylation is 3. The van der Waals surface area contributed by atoms with Crippen molar-refractivity contribution in [3.8, 4) is 0 Å². The molecule has 0 saturated heterocycles. The highest BCUT2D eigenvalue weighted by molar-refractivity contribution is 5.97. The van der Waals surface area contributed by atoms with Gasteiger partial charge in [0.2, 0.25) is 0 Å². The number of halogens is 1. The summed E-state index contributed by atoms with van der Waals surface area (Å²) in [5.74, 6) is -1.58. The molecule has 2 rings (SSSR count). The van der Waals surface area contributed by atoms with Crippen LogP contribution in [0.4, 0.5) is 10.1 Å². The number of carbonyl (C=O) groups is 2. The van der Waals surface area contributed by atoms with Crippen molar-refractivity contribution in [3.05, 3.63) is 70.5 Å². The number of anilines is 1. The van der Waals surface area contributed by atoms with E-state index < -0.39 is 23.8 Å². The number of ether oxygens (including phenoxy) is 1. The highest BCUT2D eigenvalue weighted by Gasteiger charge is 2.18. The molecular formula is C21H22FNO3. The topological polar surface area (TPSA) is 55.4 Å². The summed E-state index contributed by atoms with van der Waals surface area (Å²) in [4.78, 5) is 24.2. The molecule has 0 bridgehead atoms. The van der Waals surface area contributed by atoms with Crippen LogP contribution in [0.15, 0.2) is 42.5 Å². The van der Waals surface area contributed by atoms with Crippen LogP contribution < -0.4 is 5.32 Å². The zero-order chi connectivity index (χ0) is 19.3. The van der Waals surface area contributed by atoms with E-state index in [4.69, 9.17) is 4.74 Å². The molecule has 1 atom stereocenters. The van der Waals surface area contributed by atoms with Crippen molar-refractivity contribution >= 4 is 23.6 Å². The van der Waals surface area contributed by atoms with Gasteiger partial charge in [-0.2, -0.15) is 0 Å². The lowest BCUT2D eigenvalue weighted by molar-refractivity contribution is -0.148. The van der Waals surface area contributed by atoms with E-state index in [2.05, 4.69) is 5.32 Å². The molecule has 5 heteroatoms. The van der Waals surface area contributed by atoms with E-state index in [1.165, 1.54) is 25.1 Å². The minimum Gasteiger partial charge on any atom is -0.449 e. The fourth-order valence-corrected chi connectivity index (χ4v) is 2.64. The first-order valence-corrected chi connectivity index (χ1v) is 8.30. The van der Waals surface area contributed by atoms with Crippen LogP contribution in [0.3, 0.4) is 0 Å². The first-order chi connectivity index (χ1) is 12.3. The lowest BCUT2D eigenvalue weighted by Gasteiger charge is -2.16. The third-order valence-electron chi connectivity index (χ3n) is 3.89. The van der Waals surface area contributed by atoms with Crippen LogP contribution in [0.1, 0.15) is 29.2 Å². The molecule has 1 amide bonds. The molecule has 136 valence electrons. The quantitative estimate of drug-likeness (QED) is 0.641. The second-order valence-corrected chi connectivity index (χ2v) is 6.20. The molecule has 0 aromatic heterocycles. The van der Waals surface area contributed by atoms with Gasteiger partial charge in [0.1, 0.15) is 5.82 Å². The summed E-state index contributed by atoms with van der Waals surface area (Å²) in [6, 6.07) is 10.0. The minimum absolute atomic E-state index is 0.271. The predicted molar refractivity (Wildman–Crippen MR) is 100 cm³/mol. The lowest BCUT2D eigenvalue weighted by Crippen LogP contribution is -2.30. The van der Waals surface area contributed by atoms with Crippen LogP contribution in [0.2, 0.25) is 0 Å². The van der Waals surface area contributed by atoms with E-state index in [1.54, 1.807) is 12.1 Å². The maximum absolute atomic E-state index is 13.5. The number of rotatable bonds is 5. The Morgan fingerprint density at radius 1 is 1.12 bits per heavy atom. The Labute approximate surface area is 152 Å². The number of benzene rings is 2. The monoisotopic (exact) mass is 355 g/mol. The molecule has 0 heterocycles. The Bertz CT molecular complexity index is 835. The average molecular weight is 355 g/mol. The Balaban J connectivity index is 1.99. The Kier molecular flexibility index (Phi) is 6.28. The zero-order valence-electron chi connectivity index (χ0n) is 15.3. The molecule has 0 spiro atoms. The number of amides is 1. The average Bonchev–Trinajstić information content (AvgIpc) is 2.57. The second kappa shape index (κ2) is 8.43. The summed E-state index contributed by atoms with van der Waals surface area (Å²) in [5.41, 5.74) is 3.97. The van der Waals surface area contributed by atoms with Crippen LogP contribution in [-0.4, -0.2) is 18.0 Å². The van der Waals surface area contributed by atoms with Crippen LogP contribution in [0.25, 0.3) is 6.08 Å². The number of hydrogen-bond acceptors (Lipinski definition) is 3. The second-order valence-electron chi connectivity index (χ2n) is 6.20. The molecule has 0 saturated carbocycles. The molecule has 26 heavy (non-hydrogen) atoms. The van der Waals surface area contributed by atoms with Gasteiger partial charge in [-0.1, -0.05) is 35.9 Å². The molecule has 1 N–H and O–H groups in total. The predicted octanol–water partition coefficient (Wildman–Crippen LogP) is 4.33. The molecule has 2 aromatic carbocycles. The van der Waals surface area contributed by atoms with Crippen molar-refractivity contribution in [2.24, 2.45) is 0 Å².